The quantitative estimate of drug-likeness (QED) is 0.621. The van der Waals surface area contributed by atoms with Crippen molar-refractivity contribution in [2.45, 2.75) is 18.4 Å². The highest BCUT2D eigenvalue weighted by atomic mass is 32.2. The van der Waals surface area contributed by atoms with Gasteiger partial charge >= 0.3 is 0 Å². The summed E-state index contributed by atoms with van der Waals surface area (Å²) in [6.07, 6.45) is 5.37. The highest BCUT2D eigenvalue weighted by molar-refractivity contribution is 7.98. The first-order valence-electron chi connectivity index (χ1n) is 6.02. The van der Waals surface area contributed by atoms with Gasteiger partial charge in [-0.2, -0.15) is 0 Å². The molecule has 2 rings (SSSR count). The van der Waals surface area contributed by atoms with Gasteiger partial charge in [-0.25, -0.2) is 4.98 Å². The van der Waals surface area contributed by atoms with Crippen molar-refractivity contribution in [3.05, 3.63) is 47.7 Å². The Hall–Kier alpha value is -2.19. The van der Waals surface area contributed by atoms with Crippen molar-refractivity contribution < 1.29 is 9.47 Å². The lowest BCUT2D eigenvalue weighted by molar-refractivity contribution is 0.284. The number of aryl methyl sites for hydroxylation is 1. The second kappa shape index (κ2) is 6.83. The summed E-state index contributed by atoms with van der Waals surface area (Å²) in [6, 6.07) is 9.39. The fraction of sp³-hybridized carbons (Fsp3) is 0.200. The molecule has 4 nitrogen and oxygen atoms in total. The maximum absolute atomic E-state index is 8.70. The number of aromatic nitrogens is 1. The molecule has 5 heteroatoms. The van der Waals surface area contributed by atoms with Crippen LogP contribution < -0.4 is 9.47 Å². The van der Waals surface area contributed by atoms with Crippen LogP contribution in [0.15, 0.2) is 41.4 Å². The van der Waals surface area contributed by atoms with E-state index in [1.165, 1.54) is 0 Å². The molecule has 0 atom stereocenters. The molecule has 0 spiro atoms. The molecule has 0 fully saturated rings. The number of hydrogen-bond acceptors (Lipinski definition) is 5. The maximum atomic E-state index is 8.70. The third kappa shape index (κ3) is 3.22. The molecule has 0 N–H and O–H groups in total. The Labute approximate surface area is 122 Å². The van der Waals surface area contributed by atoms with E-state index < -0.39 is 0 Å². The van der Waals surface area contributed by atoms with E-state index >= 15 is 0 Å². The molecule has 0 aliphatic carbocycles. The van der Waals surface area contributed by atoms with Gasteiger partial charge in [0.15, 0.2) is 0 Å². The lowest BCUT2D eigenvalue weighted by Gasteiger charge is -2.12. The van der Waals surface area contributed by atoms with Gasteiger partial charge in [0.2, 0.25) is 5.88 Å². The van der Waals surface area contributed by atoms with Crippen molar-refractivity contribution >= 4 is 11.8 Å². The molecule has 2 aromatic rings. The Balaban J connectivity index is 2.24. The summed E-state index contributed by atoms with van der Waals surface area (Å²) < 4.78 is 10.7. The van der Waals surface area contributed by atoms with Crippen molar-refractivity contribution in [1.82, 2.24) is 4.98 Å². The summed E-state index contributed by atoms with van der Waals surface area (Å²) in [6.45, 7) is 2.25. The summed E-state index contributed by atoms with van der Waals surface area (Å²) in [5, 5.41) is 8.70. The van der Waals surface area contributed by atoms with Gasteiger partial charge < -0.3 is 9.47 Å². The van der Waals surface area contributed by atoms with Crippen LogP contribution in [0.5, 0.6) is 11.6 Å². The first-order valence-corrected chi connectivity index (χ1v) is 7.25. The van der Waals surface area contributed by atoms with Crippen LogP contribution in [0.2, 0.25) is 0 Å². The zero-order chi connectivity index (χ0) is 14.4. The largest absolute Gasteiger partial charge is 0.472 e. The maximum Gasteiger partial charge on any atom is 0.292 e. The van der Waals surface area contributed by atoms with Gasteiger partial charge in [-0.15, -0.1) is 17.0 Å². The molecule has 0 radical (unpaired) electrons. The van der Waals surface area contributed by atoms with E-state index in [0.717, 1.165) is 16.0 Å². The monoisotopic (exact) mass is 286 g/mol. The van der Waals surface area contributed by atoms with Crippen molar-refractivity contribution in [3.8, 4) is 17.9 Å². The van der Waals surface area contributed by atoms with E-state index in [1.54, 1.807) is 30.3 Å². The third-order valence-corrected chi connectivity index (χ3v) is 3.60. The first-order chi connectivity index (χ1) is 9.76. The van der Waals surface area contributed by atoms with Gasteiger partial charge in [0.05, 0.1) is 0 Å². The minimum Gasteiger partial charge on any atom is -0.472 e. The van der Waals surface area contributed by atoms with Crippen LogP contribution in [0.1, 0.15) is 11.1 Å². The summed E-state index contributed by atoms with van der Waals surface area (Å²) in [7, 11) is 0. The molecular formula is C15H14N2O2S. The molecule has 0 bridgehead atoms. The number of rotatable bonds is 5. The third-order valence-electron chi connectivity index (χ3n) is 2.78. The molecule has 0 saturated heterocycles. The number of pyridine rings is 1. The fourth-order valence-electron chi connectivity index (χ4n) is 1.79. The van der Waals surface area contributed by atoms with E-state index in [2.05, 4.69) is 4.98 Å². The molecule has 1 aromatic heterocycles. The van der Waals surface area contributed by atoms with Crippen LogP contribution >= 0.6 is 11.8 Å². The van der Waals surface area contributed by atoms with Crippen molar-refractivity contribution in [2.75, 3.05) is 6.26 Å². The van der Waals surface area contributed by atoms with E-state index in [4.69, 9.17) is 14.7 Å². The number of ether oxygens (including phenoxy) is 2. The van der Waals surface area contributed by atoms with Gasteiger partial charge in [0.25, 0.3) is 6.26 Å². The summed E-state index contributed by atoms with van der Waals surface area (Å²) in [4.78, 5) is 5.21. The Morgan fingerprint density at radius 3 is 2.85 bits per heavy atom. The topological polar surface area (TPSA) is 55.1 Å². The molecule has 0 unspecified atom stereocenters. The molecule has 20 heavy (non-hydrogen) atoms. The predicted molar refractivity (Wildman–Crippen MR) is 77.8 cm³/mol. The number of nitrogens with zero attached hydrogens (tertiary/aromatic N) is 2. The smallest absolute Gasteiger partial charge is 0.292 e. The van der Waals surface area contributed by atoms with Crippen molar-refractivity contribution in [3.63, 3.8) is 0 Å². The van der Waals surface area contributed by atoms with Gasteiger partial charge in [0.1, 0.15) is 12.4 Å². The number of benzene rings is 1. The summed E-state index contributed by atoms with van der Waals surface area (Å²) in [5.41, 5.74) is 1.82. The van der Waals surface area contributed by atoms with E-state index in [0.29, 0.717) is 18.2 Å². The SMILES string of the molecule is CSc1cccc(OC#N)c1COc1ncccc1C. The lowest BCUT2D eigenvalue weighted by Crippen LogP contribution is -2.02. The van der Waals surface area contributed by atoms with Crippen molar-refractivity contribution in [1.29, 1.82) is 5.26 Å². The van der Waals surface area contributed by atoms with Crippen LogP contribution in [0.3, 0.4) is 0 Å². The number of thioether (sulfide) groups is 1. The second-order valence-electron chi connectivity index (χ2n) is 4.04. The molecule has 0 amide bonds. The zero-order valence-electron chi connectivity index (χ0n) is 11.3. The van der Waals surface area contributed by atoms with Gasteiger partial charge in [-0.05, 0) is 31.4 Å². The molecule has 0 aliphatic rings. The zero-order valence-corrected chi connectivity index (χ0v) is 12.1. The lowest BCUT2D eigenvalue weighted by atomic mass is 10.2. The standard InChI is InChI=1S/C15H14N2O2S/c1-11-5-4-8-17-15(11)18-9-12-13(19-10-16)6-3-7-14(12)20-2/h3-8H,9H2,1-2H3. The highest BCUT2D eigenvalue weighted by Crippen LogP contribution is 2.30. The second-order valence-corrected chi connectivity index (χ2v) is 4.89. The molecule has 1 aromatic carbocycles. The highest BCUT2D eigenvalue weighted by Gasteiger charge is 2.11. The first kappa shape index (κ1) is 14.2. The van der Waals surface area contributed by atoms with Gasteiger partial charge in [-0.3, -0.25) is 0 Å². The number of hydrogen-bond donors (Lipinski definition) is 0. The summed E-state index contributed by atoms with van der Waals surface area (Å²) in [5.74, 6) is 1.11. The normalized spacial score (nSPS) is 9.85. The fourth-order valence-corrected chi connectivity index (χ4v) is 2.41. The molecule has 1 heterocycles. The van der Waals surface area contributed by atoms with Crippen LogP contribution in [0.4, 0.5) is 0 Å². The molecule has 0 aliphatic heterocycles. The number of nitriles is 1. The Morgan fingerprint density at radius 2 is 2.15 bits per heavy atom. The minimum atomic E-state index is 0.311. The van der Waals surface area contributed by atoms with E-state index in [9.17, 15) is 0 Å². The molecular weight excluding hydrogens is 272 g/mol. The Bertz CT molecular complexity index is 638. The molecule has 102 valence electrons. The van der Waals surface area contributed by atoms with Crippen LogP contribution in [-0.2, 0) is 6.61 Å². The molecule has 0 saturated carbocycles. The Kier molecular flexibility index (Phi) is 4.85. The van der Waals surface area contributed by atoms with Gasteiger partial charge in [-0.1, -0.05) is 12.1 Å². The average Bonchev–Trinajstić information content (AvgIpc) is 2.47. The van der Waals surface area contributed by atoms with E-state index in [1.807, 2.05) is 37.4 Å². The Morgan fingerprint density at radius 1 is 1.30 bits per heavy atom. The average molecular weight is 286 g/mol. The van der Waals surface area contributed by atoms with Crippen LogP contribution in [0, 0.1) is 18.4 Å². The minimum absolute atomic E-state index is 0.311. The van der Waals surface area contributed by atoms with Crippen LogP contribution in [-0.4, -0.2) is 11.2 Å². The summed E-state index contributed by atoms with van der Waals surface area (Å²) >= 11 is 1.58. The van der Waals surface area contributed by atoms with Crippen molar-refractivity contribution in [2.24, 2.45) is 0 Å². The predicted octanol–water partition coefficient (Wildman–Crippen LogP) is 3.55. The van der Waals surface area contributed by atoms with E-state index in [-0.39, 0.29) is 0 Å². The van der Waals surface area contributed by atoms with Crippen LogP contribution in [0.25, 0.3) is 0 Å². The van der Waals surface area contributed by atoms with Gasteiger partial charge in [0, 0.05) is 22.2 Å².